The predicted molar refractivity (Wildman–Crippen MR) is 104 cm³/mol. The second-order valence-corrected chi connectivity index (χ2v) is 6.97. The van der Waals surface area contributed by atoms with E-state index in [1.54, 1.807) is 7.11 Å². The third kappa shape index (κ3) is 3.91. The average Bonchev–Trinajstić information content (AvgIpc) is 2.69. The highest BCUT2D eigenvalue weighted by Crippen LogP contribution is 2.35. The lowest BCUT2D eigenvalue weighted by Crippen LogP contribution is -2.42. The summed E-state index contributed by atoms with van der Waals surface area (Å²) in [6, 6.07) is 15.5. The Balaban J connectivity index is 1.64. The molecule has 0 saturated carbocycles. The summed E-state index contributed by atoms with van der Waals surface area (Å²) in [6.45, 7) is 3.58. The Morgan fingerprint density at radius 1 is 1.08 bits per heavy atom. The Labute approximate surface area is 155 Å². The van der Waals surface area contributed by atoms with E-state index < -0.39 is 5.60 Å². The third-order valence-electron chi connectivity index (χ3n) is 5.25. The van der Waals surface area contributed by atoms with E-state index in [9.17, 15) is 9.90 Å². The molecule has 1 aliphatic rings. The molecule has 3 rings (SSSR count). The van der Waals surface area contributed by atoms with E-state index in [4.69, 9.17) is 4.74 Å². The van der Waals surface area contributed by atoms with Crippen LogP contribution in [-0.2, 0) is 5.60 Å². The van der Waals surface area contributed by atoms with Gasteiger partial charge in [-0.25, -0.2) is 0 Å². The second kappa shape index (κ2) is 7.92. The lowest BCUT2D eigenvalue weighted by Gasteiger charge is -2.39. The van der Waals surface area contributed by atoms with Gasteiger partial charge in [-0.1, -0.05) is 19.1 Å². The van der Waals surface area contributed by atoms with Gasteiger partial charge in [0.15, 0.2) is 5.78 Å². The summed E-state index contributed by atoms with van der Waals surface area (Å²) in [7, 11) is 1.64. The Bertz CT molecular complexity index is 729. The van der Waals surface area contributed by atoms with E-state index in [2.05, 4.69) is 4.90 Å². The standard InChI is InChI=1S/C22H27NO3/c1-3-4-21(24)17-5-9-19(10-6-17)23-15-13-22(25,14-16-23)18-7-11-20(26-2)12-8-18/h5-12,25H,3-4,13-16H2,1-2H3. The predicted octanol–water partition coefficient (Wildman–Crippen LogP) is 4.17. The van der Waals surface area contributed by atoms with Crippen molar-refractivity contribution in [1.82, 2.24) is 0 Å². The minimum atomic E-state index is -0.792. The van der Waals surface area contributed by atoms with Gasteiger partial charge in [0.25, 0.3) is 0 Å². The first-order valence-corrected chi connectivity index (χ1v) is 9.31. The number of carbonyl (C=O) groups excluding carboxylic acids is 1. The van der Waals surface area contributed by atoms with Gasteiger partial charge < -0.3 is 14.7 Å². The maximum atomic E-state index is 12.0. The van der Waals surface area contributed by atoms with Gasteiger partial charge in [0.2, 0.25) is 0 Å². The molecule has 0 radical (unpaired) electrons. The number of Topliss-reactive ketones (excluding diaryl/α,β-unsaturated/α-hetero) is 1. The van der Waals surface area contributed by atoms with Crippen molar-refractivity contribution in [3.63, 3.8) is 0 Å². The van der Waals surface area contributed by atoms with Gasteiger partial charge in [0.05, 0.1) is 12.7 Å². The summed E-state index contributed by atoms with van der Waals surface area (Å²) < 4.78 is 5.19. The highest BCUT2D eigenvalue weighted by Gasteiger charge is 2.34. The molecule has 0 unspecified atom stereocenters. The molecule has 0 atom stereocenters. The average molecular weight is 353 g/mol. The zero-order chi connectivity index (χ0) is 18.6. The van der Waals surface area contributed by atoms with Crippen LogP contribution in [0.1, 0.15) is 48.5 Å². The first-order chi connectivity index (χ1) is 12.6. The molecule has 1 heterocycles. The SMILES string of the molecule is CCCC(=O)c1ccc(N2CCC(O)(c3ccc(OC)cc3)CC2)cc1. The lowest BCUT2D eigenvalue weighted by atomic mass is 9.84. The molecule has 1 fully saturated rings. The first-order valence-electron chi connectivity index (χ1n) is 9.31. The number of piperidine rings is 1. The quantitative estimate of drug-likeness (QED) is 0.792. The molecule has 4 nitrogen and oxygen atoms in total. The van der Waals surface area contributed by atoms with Crippen LogP contribution >= 0.6 is 0 Å². The van der Waals surface area contributed by atoms with Crippen molar-refractivity contribution < 1.29 is 14.6 Å². The lowest BCUT2D eigenvalue weighted by molar-refractivity contribution is 0.0117. The molecule has 0 aromatic heterocycles. The largest absolute Gasteiger partial charge is 0.497 e. The van der Waals surface area contributed by atoms with Crippen molar-refractivity contribution >= 4 is 11.5 Å². The molecule has 0 bridgehead atoms. The number of hydrogen-bond donors (Lipinski definition) is 1. The van der Waals surface area contributed by atoms with Crippen molar-refractivity contribution in [1.29, 1.82) is 0 Å². The number of carbonyl (C=O) groups is 1. The van der Waals surface area contributed by atoms with Gasteiger partial charge >= 0.3 is 0 Å². The van der Waals surface area contributed by atoms with E-state index >= 15 is 0 Å². The fraction of sp³-hybridized carbons (Fsp3) is 0.409. The summed E-state index contributed by atoms with van der Waals surface area (Å²) in [5.74, 6) is 0.999. The van der Waals surface area contributed by atoms with Gasteiger partial charge in [-0.15, -0.1) is 0 Å². The van der Waals surface area contributed by atoms with Gasteiger partial charge in [0, 0.05) is 30.8 Å². The normalized spacial score (nSPS) is 16.3. The molecule has 4 heteroatoms. The minimum absolute atomic E-state index is 0.201. The van der Waals surface area contributed by atoms with Crippen LogP contribution < -0.4 is 9.64 Å². The molecule has 1 N–H and O–H groups in total. The van der Waals surface area contributed by atoms with E-state index in [1.807, 2.05) is 55.5 Å². The van der Waals surface area contributed by atoms with Gasteiger partial charge in [-0.05, 0) is 61.2 Å². The maximum Gasteiger partial charge on any atom is 0.162 e. The Kier molecular flexibility index (Phi) is 5.62. The number of methoxy groups -OCH3 is 1. The molecular weight excluding hydrogens is 326 g/mol. The van der Waals surface area contributed by atoms with E-state index in [0.29, 0.717) is 19.3 Å². The van der Waals surface area contributed by atoms with Crippen molar-refractivity contribution in [2.24, 2.45) is 0 Å². The van der Waals surface area contributed by atoms with Gasteiger partial charge in [-0.2, -0.15) is 0 Å². The Morgan fingerprint density at radius 3 is 2.23 bits per heavy atom. The fourth-order valence-corrected chi connectivity index (χ4v) is 3.55. The number of ketones is 1. The third-order valence-corrected chi connectivity index (χ3v) is 5.25. The monoisotopic (exact) mass is 353 g/mol. The smallest absolute Gasteiger partial charge is 0.162 e. The van der Waals surface area contributed by atoms with Crippen molar-refractivity contribution in [2.45, 2.75) is 38.2 Å². The van der Waals surface area contributed by atoms with Crippen LogP contribution in [0.4, 0.5) is 5.69 Å². The molecule has 1 aliphatic heterocycles. The molecule has 0 aliphatic carbocycles. The summed E-state index contributed by atoms with van der Waals surface area (Å²) in [4.78, 5) is 14.2. The molecular formula is C22H27NO3. The van der Waals surface area contributed by atoms with Crippen molar-refractivity contribution in [2.75, 3.05) is 25.1 Å². The number of aliphatic hydroxyl groups is 1. The van der Waals surface area contributed by atoms with Crippen LogP contribution in [0, 0.1) is 0 Å². The van der Waals surface area contributed by atoms with Crippen molar-refractivity contribution in [3.8, 4) is 5.75 Å². The first kappa shape index (κ1) is 18.5. The van der Waals surface area contributed by atoms with Crippen LogP contribution in [0.3, 0.4) is 0 Å². The number of hydrogen-bond acceptors (Lipinski definition) is 4. The number of rotatable bonds is 6. The number of benzene rings is 2. The highest BCUT2D eigenvalue weighted by atomic mass is 16.5. The highest BCUT2D eigenvalue weighted by molar-refractivity contribution is 5.96. The summed E-state index contributed by atoms with van der Waals surface area (Å²) in [5.41, 5.74) is 2.04. The van der Waals surface area contributed by atoms with Gasteiger partial charge in [-0.3, -0.25) is 4.79 Å². The van der Waals surface area contributed by atoms with E-state index in [0.717, 1.165) is 42.1 Å². The Hall–Kier alpha value is -2.33. The zero-order valence-electron chi connectivity index (χ0n) is 15.6. The fourth-order valence-electron chi connectivity index (χ4n) is 3.55. The van der Waals surface area contributed by atoms with Crippen molar-refractivity contribution in [3.05, 3.63) is 59.7 Å². The summed E-state index contributed by atoms with van der Waals surface area (Å²) >= 11 is 0. The number of nitrogens with zero attached hydrogens (tertiary/aromatic N) is 1. The molecule has 2 aromatic carbocycles. The summed E-state index contributed by atoms with van der Waals surface area (Å²) in [5, 5.41) is 11.0. The van der Waals surface area contributed by atoms with E-state index in [1.165, 1.54) is 0 Å². The van der Waals surface area contributed by atoms with Crippen LogP contribution in [-0.4, -0.2) is 31.1 Å². The zero-order valence-corrected chi connectivity index (χ0v) is 15.6. The van der Waals surface area contributed by atoms with Gasteiger partial charge in [0.1, 0.15) is 5.75 Å². The topological polar surface area (TPSA) is 49.8 Å². The summed E-state index contributed by atoms with van der Waals surface area (Å²) in [6.07, 6.45) is 2.82. The van der Waals surface area contributed by atoms with Crippen LogP contribution in [0.15, 0.2) is 48.5 Å². The Morgan fingerprint density at radius 2 is 1.69 bits per heavy atom. The number of anilines is 1. The molecule has 0 amide bonds. The molecule has 0 spiro atoms. The second-order valence-electron chi connectivity index (χ2n) is 6.97. The van der Waals surface area contributed by atoms with Crippen LogP contribution in [0.25, 0.3) is 0 Å². The van der Waals surface area contributed by atoms with Crippen LogP contribution in [0.5, 0.6) is 5.75 Å². The maximum absolute atomic E-state index is 12.0. The van der Waals surface area contributed by atoms with Crippen LogP contribution in [0.2, 0.25) is 0 Å². The molecule has 1 saturated heterocycles. The molecule has 138 valence electrons. The van der Waals surface area contributed by atoms with E-state index in [-0.39, 0.29) is 5.78 Å². The molecule has 26 heavy (non-hydrogen) atoms. The minimum Gasteiger partial charge on any atom is -0.497 e. The number of ether oxygens (including phenoxy) is 1. The molecule has 2 aromatic rings.